The van der Waals surface area contributed by atoms with Crippen LogP contribution < -0.4 is 5.49 Å². The third kappa shape index (κ3) is 2.34. The van der Waals surface area contributed by atoms with Crippen LogP contribution in [0.2, 0.25) is 0 Å². The van der Waals surface area contributed by atoms with Crippen molar-refractivity contribution >= 4 is 35.1 Å². The molecule has 3 heterocycles. The standard InChI is InChI=1S/C11H15N5O3.HI/c1-15-4-14-11-9(10(15)12)13-5-16(11)8-2-6(18)7(3-17)19-8;/h4-8,12,17-18H,2-3H2,1H3;1H/t6-,7+,8+;/m0./s1. The van der Waals surface area contributed by atoms with Crippen LogP contribution in [0.4, 0.5) is 0 Å². The van der Waals surface area contributed by atoms with Crippen molar-refractivity contribution in [3.63, 3.8) is 0 Å². The SMILES string of the molecule is Cn1cnc2c(ncn2[C@H]2C[C@H](O)[C@@H](CO)O2)c1=N.I. The predicted octanol–water partition coefficient (Wildman–Crippen LogP) is -0.492. The van der Waals surface area contributed by atoms with Gasteiger partial charge < -0.3 is 19.5 Å². The minimum Gasteiger partial charge on any atom is -0.394 e. The summed E-state index contributed by atoms with van der Waals surface area (Å²) in [5.41, 5.74) is 1.29. The lowest BCUT2D eigenvalue weighted by molar-refractivity contribution is -0.0432. The Morgan fingerprint density at radius 1 is 1.45 bits per heavy atom. The molecule has 20 heavy (non-hydrogen) atoms. The van der Waals surface area contributed by atoms with Gasteiger partial charge in [0, 0.05) is 13.5 Å². The zero-order valence-electron chi connectivity index (χ0n) is 10.8. The Labute approximate surface area is 131 Å². The van der Waals surface area contributed by atoms with Crippen molar-refractivity contribution in [2.24, 2.45) is 7.05 Å². The topological polar surface area (TPSA) is 109 Å². The first-order chi connectivity index (χ1) is 9.11. The van der Waals surface area contributed by atoms with Gasteiger partial charge in [0.25, 0.3) is 0 Å². The van der Waals surface area contributed by atoms with Crippen molar-refractivity contribution in [1.29, 1.82) is 5.41 Å². The number of nitrogens with zero attached hydrogens (tertiary/aromatic N) is 4. The van der Waals surface area contributed by atoms with Gasteiger partial charge in [-0.15, -0.1) is 24.0 Å². The molecule has 0 aliphatic carbocycles. The van der Waals surface area contributed by atoms with E-state index >= 15 is 0 Å². The molecule has 3 atom stereocenters. The average Bonchev–Trinajstić information content (AvgIpc) is 2.97. The summed E-state index contributed by atoms with van der Waals surface area (Å²) in [5, 5.41) is 26.7. The number of hydrogen-bond acceptors (Lipinski definition) is 6. The maximum Gasteiger partial charge on any atom is 0.167 e. The van der Waals surface area contributed by atoms with Crippen LogP contribution >= 0.6 is 24.0 Å². The van der Waals surface area contributed by atoms with Gasteiger partial charge in [-0.2, -0.15) is 0 Å². The van der Waals surface area contributed by atoms with Crippen LogP contribution in [0.25, 0.3) is 11.2 Å². The first-order valence-electron chi connectivity index (χ1n) is 5.99. The molecule has 0 unspecified atom stereocenters. The van der Waals surface area contributed by atoms with Gasteiger partial charge in [-0.3, -0.25) is 9.98 Å². The summed E-state index contributed by atoms with van der Waals surface area (Å²) in [6, 6.07) is 0. The van der Waals surface area contributed by atoms with Gasteiger partial charge >= 0.3 is 0 Å². The monoisotopic (exact) mass is 393 g/mol. The number of aryl methyl sites for hydroxylation is 1. The summed E-state index contributed by atoms with van der Waals surface area (Å²) in [7, 11) is 1.73. The maximum absolute atomic E-state index is 9.75. The summed E-state index contributed by atoms with van der Waals surface area (Å²) in [5.74, 6) is 0. The largest absolute Gasteiger partial charge is 0.394 e. The van der Waals surface area contributed by atoms with Gasteiger partial charge in [-0.25, -0.2) is 9.97 Å². The van der Waals surface area contributed by atoms with Crippen LogP contribution in [0, 0.1) is 5.41 Å². The zero-order valence-corrected chi connectivity index (χ0v) is 13.1. The van der Waals surface area contributed by atoms with Crippen LogP contribution in [-0.2, 0) is 11.8 Å². The second-order valence-electron chi connectivity index (χ2n) is 4.64. The number of halogens is 1. The predicted molar refractivity (Wildman–Crippen MR) is 79.4 cm³/mol. The van der Waals surface area contributed by atoms with E-state index in [9.17, 15) is 5.11 Å². The Morgan fingerprint density at radius 3 is 2.85 bits per heavy atom. The second kappa shape index (κ2) is 5.76. The first kappa shape index (κ1) is 15.4. The molecule has 3 N–H and O–H groups in total. The van der Waals surface area contributed by atoms with Gasteiger partial charge in [0.05, 0.1) is 25.4 Å². The lowest BCUT2D eigenvalue weighted by Crippen LogP contribution is -2.24. The fourth-order valence-corrected chi connectivity index (χ4v) is 2.28. The van der Waals surface area contributed by atoms with E-state index in [4.69, 9.17) is 15.3 Å². The van der Waals surface area contributed by atoms with Crippen molar-refractivity contribution in [2.75, 3.05) is 6.61 Å². The van der Waals surface area contributed by atoms with Gasteiger partial charge in [-0.05, 0) is 0 Å². The minimum atomic E-state index is -0.706. The highest BCUT2D eigenvalue weighted by Gasteiger charge is 2.35. The molecule has 0 spiro atoms. The Hall–Kier alpha value is -1.04. The third-order valence-electron chi connectivity index (χ3n) is 3.39. The number of aliphatic hydroxyl groups excluding tert-OH is 2. The molecule has 1 saturated heterocycles. The molecular formula is C11H16IN5O3. The van der Waals surface area contributed by atoms with Crippen LogP contribution in [0.15, 0.2) is 12.7 Å². The Kier molecular flexibility index (Phi) is 4.42. The van der Waals surface area contributed by atoms with Crippen LogP contribution in [0.3, 0.4) is 0 Å². The highest BCUT2D eigenvalue weighted by Crippen LogP contribution is 2.29. The Balaban J connectivity index is 0.00000147. The zero-order chi connectivity index (χ0) is 13.6. The average molecular weight is 393 g/mol. The number of ether oxygens (including phenoxy) is 1. The van der Waals surface area contributed by atoms with Crippen molar-refractivity contribution in [3.05, 3.63) is 18.1 Å². The van der Waals surface area contributed by atoms with E-state index in [0.717, 1.165) is 0 Å². The molecule has 1 fully saturated rings. The molecule has 2 aromatic rings. The van der Waals surface area contributed by atoms with Gasteiger partial charge in [0.1, 0.15) is 17.8 Å². The van der Waals surface area contributed by atoms with E-state index < -0.39 is 18.4 Å². The van der Waals surface area contributed by atoms with E-state index in [0.29, 0.717) is 17.6 Å². The smallest absolute Gasteiger partial charge is 0.167 e. The lowest BCUT2D eigenvalue weighted by Gasteiger charge is -2.13. The Bertz CT molecular complexity index is 670. The van der Waals surface area contributed by atoms with Crippen LogP contribution in [0.1, 0.15) is 12.6 Å². The molecule has 9 heteroatoms. The van der Waals surface area contributed by atoms with E-state index in [1.807, 2.05) is 0 Å². The third-order valence-corrected chi connectivity index (χ3v) is 3.39. The number of aliphatic hydroxyl groups is 2. The molecule has 2 aromatic heterocycles. The number of fused-ring (bicyclic) bond motifs is 1. The van der Waals surface area contributed by atoms with Gasteiger partial charge in [0.15, 0.2) is 11.1 Å². The van der Waals surface area contributed by atoms with E-state index in [1.165, 1.54) is 6.33 Å². The molecule has 1 aliphatic rings. The molecule has 3 rings (SSSR count). The van der Waals surface area contributed by atoms with Crippen molar-refractivity contribution in [1.82, 2.24) is 19.1 Å². The molecule has 0 bridgehead atoms. The van der Waals surface area contributed by atoms with Gasteiger partial charge in [0.2, 0.25) is 0 Å². The molecule has 1 aliphatic heterocycles. The number of hydrogen-bond donors (Lipinski definition) is 3. The summed E-state index contributed by atoms with van der Waals surface area (Å²) in [6.45, 7) is -0.226. The molecular weight excluding hydrogens is 377 g/mol. The minimum absolute atomic E-state index is 0. The summed E-state index contributed by atoms with van der Waals surface area (Å²) in [4.78, 5) is 8.41. The summed E-state index contributed by atoms with van der Waals surface area (Å²) in [6.07, 6.45) is 1.74. The highest BCUT2D eigenvalue weighted by molar-refractivity contribution is 14.0. The van der Waals surface area contributed by atoms with Crippen LogP contribution in [0.5, 0.6) is 0 Å². The molecule has 0 amide bonds. The van der Waals surface area contributed by atoms with E-state index in [2.05, 4.69) is 9.97 Å². The molecule has 0 saturated carbocycles. The molecule has 8 nitrogen and oxygen atoms in total. The number of aromatic nitrogens is 4. The fraction of sp³-hybridized carbons (Fsp3) is 0.545. The van der Waals surface area contributed by atoms with Crippen LogP contribution in [-0.4, -0.2) is 48.1 Å². The second-order valence-corrected chi connectivity index (χ2v) is 4.64. The summed E-state index contributed by atoms with van der Waals surface area (Å²) < 4.78 is 8.82. The molecule has 0 radical (unpaired) electrons. The molecule has 0 aromatic carbocycles. The van der Waals surface area contributed by atoms with Crippen molar-refractivity contribution in [3.8, 4) is 0 Å². The van der Waals surface area contributed by atoms with E-state index in [-0.39, 0.29) is 36.1 Å². The van der Waals surface area contributed by atoms with Crippen molar-refractivity contribution < 1.29 is 14.9 Å². The summed E-state index contributed by atoms with van der Waals surface area (Å²) >= 11 is 0. The highest BCUT2D eigenvalue weighted by atomic mass is 127. The quantitative estimate of drug-likeness (QED) is 0.597. The lowest BCUT2D eigenvalue weighted by atomic mass is 10.2. The number of rotatable bonds is 2. The Morgan fingerprint density at radius 2 is 2.20 bits per heavy atom. The number of nitrogens with one attached hydrogen (secondary N) is 1. The normalized spacial score (nSPS) is 25.9. The maximum atomic E-state index is 9.75. The first-order valence-corrected chi connectivity index (χ1v) is 5.99. The fourth-order valence-electron chi connectivity index (χ4n) is 2.28. The number of imidazole rings is 1. The van der Waals surface area contributed by atoms with E-state index in [1.54, 1.807) is 22.5 Å². The van der Waals surface area contributed by atoms with Crippen molar-refractivity contribution in [2.45, 2.75) is 24.9 Å². The molecule has 110 valence electrons. The van der Waals surface area contributed by atoms with Gasteiger partial charge in [-0.1, -0.05) is 0 Å².